The predicted molar refractivity (Wildman–Crippen MR) is 86.2 cm³/mol. The summed E-state index contributed by atoms with van der Waals surface area (Å²) in [6, 6.07) is 9.29. The van der Waals surface area contributed by atoms with Crippen molar-refractivity contribution < 1.29 is 14.4 Å². The molecule has 0 N–H and O–H groups in total. The van der Waals surface area contributed by atoms with Gasteiger partial charge in [0.2, 0.25) is 11.8 Å². The Morgan fingerprint density at radius 1 is 0.957 bits per heavy atom. The minimum Gasteiger partial charge on any atom is -0.273 e. The van der Waals surface area contributed by atoms with Crippen LogP contribution in [0.5, 0.6) is 0 Å². The Morgan fingerprint density at radius 2 is 1.57 bits per heavy atom. The number of allylic oxidation sites excluding steroid dienone is 2. The lowest BCUT2D eigenvalue weighted by atomic mass is 9.74. The fourth-order valence-corrected chi connectivity index (χ4v) is 3.49. The Balaban J connectivity index is 2.00. The number of benzene rings is 1. The summed E-state index contributed by atoms with van der Waals surface area (Å²) in [5.74, 6) is -1.78. The third-order valence-corrected chi connectivity index (χ3v) is 4.76. The number of nitrogens with zero attached hydrogens (tertiary/aromatic N) is 2. The van der Waals surface area contributed by atoms with Crippen LogP contribution in [0.25, 0.3) is 5.57 Å². The van der Waals surface area contributed by atoms with Crippen molar-refractivity contribution >= 4 is 23.4 Å². The van der Waals surface area contributed by atoms with Crippen LogP contribution in [0.1, 0.15) is 24.8 Å². The largest absolute Gasteiger partial charge is 0.332 e. The first-order valence-corrected chi connectivity index (χ1v) is 7.87. The molecule has 0 spiro atoms. The summed E-state index contributed by atoms with van der Waals surface area (Å²) in [5.41, 5.74) is 2.08. The zero-order valence-corrected chi connectivity index (χ0v) is 13.4. The van der Waals surface area contributed by atoms with Crippen molar-refractivity contribution in [2.45, 2.75) is 19.3 Å². The van der Waals surface area contributed by atoms with Crippen molar-refractivity contribution in [3.8, 4) is 0 Å². The molecule has 1 aromatic carbocycles. The zero-order valence-electron chi connectivity index (χ0n) is 13.4. The molecule has 1 aliphatic carbocycles. The maximum atomic E-state index is 12.6. The monoisotopic (exact) mass is 312 g/mol. The van der Waals surface area contributed by atoms with Crippen LogP contribution in [0.4, 0.5) is 4.79 Å². The van der Waals surface area contributed by atoms with Crippen molar-refractivity contribution in [3.05, 3.63) is 42.0 Å². The van der Waals surface area contributed by atoms with E-state index in [1.165, 1.54) is 14.1 Å². The van der Waals surface area contributed by atoms with E-state index in [2.05, 4.69) is 6.08 Å². The maximum absolute atomic E-state index is 12.6. The molecule has 1 aromatic rings. The van der Waals surface area contributed by atoms with Gasteiger partial charge in [-0.25, -0.2) is 4.79 Å². The highest BCUT2D eigenvalue weighted by molar-refractivity contribution is 6.16. The standard InChI is InChI=1S/C18H20N2O3/c1-19-16(21)15(17(22)20(2)18(19)23)14-11-7-6-10-13(14)12-8-4-3-5-9-12/h3-5,8-10,14-15H,6-7,11H2,1-2H3. The number of rotatable bonds is 2. The number of carbonyl (C=O) groups excluding carboxylic acids is 3. The molecule has 1 saturated heterocycles. The fourth-order valence-electron chi connectivity index (χ4n) is 3.49. The molecule has 23 heavy (non-hydrogen) atoms. The lowest BCUT2D eigenvalue weighted by Gasteiger charge is -2.38. The van der Waals surface area contributed by atoms with Gasteiger partial charge in [-0.2, -0.15) is 0 Å². The highest BCUT2D eigenvalue weighted by Gasteiger charge is 2.47. The first kappa shape index (κ1) is 15.5. The second-order valence-corrected chi connectivity index (χ2v) is 6.12. The van der Waals surface area contributed by atoms with E-state index in [-0.39, 0.29) is 5.92 Å². The molecule has 2 aliphatic rings. The molecule has 5 nitrogen and oxygen atoms in total. The van der Waals surface area contributed by atoms with Gasteiger partial charge in [0.05, 0.1) is 0 Å². The van der Waals surface area contributed by atoms with Gasteiger partial charge in [-0.15, -0.1) is 0 Å². The summed E-state index contributed by atoms with van der Waals surface area (Å²) in [6.07, 6.45) is 4.79. The summed E-state index contributed by atoms with van der Waals surface area (Å²) in [5, 5.41) is 0. The van der Waals surface area contributed by atoms with Gasteiger partial charge in [-0.3, -0.25) is 19.4 Å². The summed E-state index contributed by atoms with van der Waals surface area (Å²) in [7, 11) is 2.88. The van der Waals surface area contributed by atoms with Gasteiger partial charge >= 0.3 is 6.03 Å². The number of urea groups is 1. The van der Waals surface area contributed by atoms with Gasteiger partial charge in [-0.05, 0) is 30.4 Å². The van der Waals surface area contributed by atoms with Crippen LogP contribution < -0.4 is 0 Å². The van der Waals surface area contributed by atoms with E-state index in [4.69, 9.17) is 0 Å². The summed E-state index contributed by atoms with van der Waals surface area (Å²) >= 11 is 0. The molecule has 0 radical (unpaired) electrons. The van der Waals surface area contributed by atoms with E-state index in [0.717, 1.165) is 40.2 Å². The van der Waals surface area contributed by atoms with Crippen LogP contribution in [-0.4, -0.2) is 41.7 Å². The maximum Gasteiger partial charge on any atom is 0.332 e. The van der Waals surface area contributed by atoms with Gasteiger partial charge in [0.15, 0.2) is 0 Å². The number of imide groups is 2. The third kappa shape index (κ3) is 2.56. The molecule has 1 aliphatic heterocycles. The predicted octanol–water partition coefficient (Wildman–Crippen LogP) is 2.54. The van der Waals surface area contributed by atoms with E-state index < -0.39 is 23.8 Å². The minimum absolute atomic E-state index is 0.177. The van der Waals surface area contributed by atoms with E-state index in [1.807, 2.05) is 30.3 Å². The second-order valence-electron chi connectivity index (χ2n) is 6.12. The Bertz CT molecular complexity index is 657. The summed E-state index contributed by atoms with van der Waals surface area (Å²) in [4.78, 5) is 39.2. The zero-order chi connectivity index (χ0) is 16.6. The topological polar surface area (TPSA) is 57.7 Å². The lowest BCUT2D eigenvalue weighted by molar-refractivity contribution is -0.149. The molecule has 0 saturated carbocycles. The van der Waals surface area contributed by atoms with Gasteiger partial charge < -0.3 is 0 Å². The van der Waals surface area contributed by atoms with Crippen molar-refractivity contribution in [2.75, 3.05) is 14.1 Å². The molecule has 1 unspecified atom stereocenters. The van der Waals surface area contributed by atoms with Crippen LogP contribution in [0.3, 0.4) is 0 Å². The molecule has 120 valence electrons. The Hall–Kier alpha value is -2.43. The lowest BCUT2D eigenvalue weighted by Crippen LogP contribution is -2.58. The quantitative estimate of drug-likeness (QED) is 0.789. The van der Waals surface area contributed by atoms with E-state index >= 15 is 0 Å². The SMILES string of the molecule is CN1C(=O)C(C2CCCC=C2c2ccccc2)C(=O)N(C)C1=O. The van der Waals surface area contributed by atoms with Crippen LogP contribution in [0, 0.1) is 11.8 Å². The normalized spacial score (nSPS) is 23.3. The molecule has 3 rings (SSSR count). The highest BCUT2D eigenvalue weighted by Crippen LogP contribution is 2.39. The number of barbiturate groups is 1. The van der Waals surface area contributed by atoms with Crippen LogP contribution in [0.2, 0.25) is 0 Å². The Morgan fingerprint density at radius 3 is 2.17 bits per heavy atom. The molecular weight excluding hydrogens is 292 g/mol. The molecule has 1 atom stereocenters. The smallest absolute Gasteiger partial charge is 0.273 e. The molecule has 1 heterocycles. The van der Waals surface area contributed by atoms with Gasteiger partial charge in [0.1, 0.15) is 5.92 Å². The van der Waals surface area contributed by atoms with Crippen LogP contribution >= 0.6 is 0 Å². The molecule has 0 bridgehead atoms. The van der Waals surface area contributed by atoms with Crippen molar-refractivity contribution in [3.63, 3.8) is 0 Å². The van der Waals surface area contributed by atoms with Gasteiger partial charge in [0.25, 0.3) is 0 Å². The first-order chi connectivity index (χ1) is 11.0. The molecule has 4 amide bonds. The molecule has 0 aromatic heterocycles. The minimum atomic E-state index is -0.811. The average molecular weight is 312 g/mol. The summed E-state index contributed by atoms with van der Waals surface area (Å²) < 4.78 is 0. The van der Waals surface area contributed by atoms with Crippen molar-refractivity contribution in [1.82, 2.24) is 9.80 Å². The molecular formula is C18H20N2O3. The third-order valence-electron chi connectivity index (χ3n) is 4.76. The van der Waals surface area contributed by atoms with E-state index in [1.54, 1.807) is 0 Å². The molecule has 1 fully saturated rings. The fraction of sp³-hybridized carbons (Fsp3) is 0.389. The summed E-state index contributed by atoms with van der Waals surface area (Å²) in [6.45, 7) is 0. The Kier molecular flexibility index (Phi) is 4.03. The van der Waals surface area contributed by atoms with Crippen LogP contribution in [0.15, 0.2) is 36.4 Å². The number of carbonyl (C=O) groups is 3. The number of amides is 4. The second kappa shape index (κ2) is 5.99. The Labute approximate surface area is 135 Å². The molecule has 5 heteroatoms. The van der Waals surface area contributed by atoms with E-state index in [0.29, 0.717) is 0 Å². The number of hydrogen-bond donors (Lipinski definition) is 0. The van der Waals surface area contributed by atoms with Crippen molar-refractivity contribution in [2.24, 2.45) is 11.8 Å². The number of hydrogen-bond acceptors (Lipinski definition) is 3. The van der Waals surface area contributed by atoms with E-state index in [9.17, 15) is 14.4 Å². The van der Waals surface area contributed by atoms with Crippen molar-refractivity contribution in [1.29, 1.82) is 0 Å². The first-order valence-electron chi connectivity index (χ1n) is 7.87. The van der Waals surface area contributed by atoms with Gasteiger partial charge in [0, 0.05) is 20.0 Å². The average Bonchev–Trinajstić information content (AvgIpc) is 2.60. The van der Waals surface area contributed by atoms with Gasteiger partial charge in [-0.1, -0.05) is 36.4 Å². The highest BCUT2D eigenvalue weighted by atomic mass is 16.2. The van der Waals surface area contributed by atoms with Crippen LogP contribution in [-0.2, 0) is 9.59 Å².